The fraction of sp³-hybridized carbons (Fsp3) is 0.0159. The largest absolute Gasteiger partial charge is 0.453 e. The standard InChI is InChI=1S/C63H42N2O/c1-5-20-43(21-6-1)44-36-38-48(39-37-44)64(49-40-41-51-50-28-13-16-33-56(50)63(57(51)42-49,45-22-7-2-8-23-45)46-24-9-3-10-25-46)58-34-17-14-29-52(58)53-31-19-32-55-60-62(66-61(53)55)54-30-15-18-35-59(54)65(60)47-26-11-4-12-27-47/h1-42H. The van der Waals surface area contributed by atoms with Gasteiger partial charge in [-0.25, -0.2) is 0 Å². The number of anilines is 3. The van der Waals surface area contributed by atoms with E-state index in [2.05, 4.69) is 264 Å². The number of rotatable bonds is 8. The minimum Gasteiger partial charge on any atom is -0.453 e. The number of benzene rings is 10. The van der Waals surface area contributed by atoms with Gasteiger partial charge in [0.15, 0.2) is 5.58 Å². The number of hydrogen-bond donors (Lipinski definition) is 0. The van der Waals surface area contributed by atoms with E-state index < -0.39 is 5.41 Å². The molecule has 0 saturated carbocycles. The molecule has 2 heterocycles. The molecule has 0 amide bonds. The summed E-state index contributed by atoms with van der Waals surface area (Å²) >= 11 is 0. The van der Waals surface area contributed by atoms with Crippen molar-refractivity contribution in [3.05, 3.63) is 277 Å². The van der Waals surface area contributed by atoms with Crippen LogP contribution in [-0.2, 0) is 5.41 Å². The maximum atomic E-state index is 7.15. The third-order valence-corrected chi connectivity index (χ3v) is 13.7. The van der Waals surface area contributed by atoms with Gasteiger partial charge in [0.25, 0.3) is 0 Å². The van der Waals surface area contributed by atoms with Gasteiger partial charge in [-0.15, -0.1) is 0 Å². The third kappa shape index (κ3) is 5.70. The van der Waals surface area contributed by atoms with Gasteiger partial charge >= 0.3 is 0 Å². The molecule has 10 aromatic carbocycles. The molecular weight excluding hydrogens is 801 g/mol. The van der Waals surface area contributed by atoms with Crippen LogP contribution < -0.4 is 4.90 Å². The third-order valence-electron chi connectivity index (χ3n) is 13.7. The van der Waals surface area contributed by atoms with Crippen LogP contribution in [0.15, 0.2) is 259 Å². The van der Waals surface area contributed by atoms with Crippen LogP contribution in [0.1, 0.15) is 22.3 Å². The van der Waals surface area contributed by atoms with E-state index in [1.165, 1.54) is 44.5 Å². The Morgan fingerprint density at radius 2 is 0.909 bits per heavy atom. The highest BCUT2D eigenvalue weighted by Gasteiger charge is 2.46. The van der Waals surface area contributed by atoms with Crippen molar-refractivity contribution in [3.8, 4) is 39.1 Å². The van der Waals surface area contributed by atoms with Gasteiger partial charge in [-0.1, -0.05) is 194 Å². The molecule has 310 valence electrons. The molecule has 13 rings (SSSR count). The first kappa shape index (κ1) is 37.9. The fourth-order valence-electron chi connectivity index (χ4n) is 10.9. The highest BCUT2D eigenvalue weighted by Crippen LogP contribution is 2.57. The molecule has 0 N–H and O–H groups in total. The van der Waals surface area contributed by atoms with Crippen LogP contribution in [0.5, 0.6) is 0 Å². The molecule has 0 fully saturated rings. The zero-order valence-electron chi connectivity index (χ0n) is 36.1. The minimum absolute atomic E-state index is 0.548. The van der Waals surface area contributed by atoms with Gasteiger partial charge in [0, 0.05) is 39.0 Å². The highest BCUT2D eigenvalue weighted by molar-refractivity contribution is 6.19. The Morgan fingerprint density at radius 1 is 0.364 bits per heavy atom. The van der Waals surface area contributed by atoms with Gasteiger partial charge in [0.05, 0.1) is 16.6 Å². The highest BCUT2D eigenvalue weighted by atomic mass is 16.3. The average Bonchev–Trinajstić information content (AvgIpc) is 4.04. The Bertz CT molecular complexity index is 3700. The summed E-state index contributed by atoms with van der Waals surface area (Å²) < 4.78 is 9.49. The Labute approximate surface area is 383 Å². The first-order valence-electron chi connectivity index (χ1n) is 22.7. The molecular formula is C63H42N2O. The van der Waals surface area contributed by atoms with Crippen molar-refractivity contribution in [2.75, 3.05) is 4.90 Å². The SMILES string of the molecule is c1ccc(-c2ccc(N(c3ccc4c(c3)C(c3ccccc3)(c3ccccc3)c3ccccc3-4)c3ccccc3-c3cccc4c3oc3c5ccccc5n(-c5ccccc5)c43)cc2)cc1. The zero-order chi connectivity index (χ0) is 43.6. The van der Waals surface area contributed by atoms with Gasteiger partial charge < -0.3 is 13.9 Å². The molecule has 0 saturated heterocycles. The fourth-order valence-corrected chi connectivity index (χ4v) is 10.9. The summed E-state index contributed by atoms with van der Waals surface area (Å²) in [4.78, 5) is 2.44. The molecule has 66 heavy (non-hydrogen) atoms. The summed E-state index contributed by atoms with van der Waals surface area (Å²) in [6, 6.07) is 92.3. The molecule has 1 aliphatic rings. The van der Waals surface area contributed by atoms with Crippen LogP contribution in [-0.4, -0.2) is 4.57 Å². The van der Waals surface area contributed by atoms with Gasteiger partial charge in [-0.2, -0.15) is 0 Å². The Hall–Kier alpha value is -8.66. The zero-order valence-corrected chi connectivity index (χ0v) is 36.1. The average molecular weight is 843 g/mol. The van der Waals surface area contributed by atoms with Crippen LogP contribution in [0.3, 0.4) is 0 Å². The van der Waals surface area contributed by atoms with E-state index in [4.69, 9.17) is 4.42 Å². The van der Waals surface area contributed by atoms with Crippen molar-refractivity contribution in [1.82, 2.24) is 4.57 Å². The summed E-state index contributed by atoms with van der Waals surface area (Å²) in [5, 5.41) is 2.16. The lowest BCUT2D eigenvalue weighted by Gasteiger charge is -2.35. The van der Waals surface area contributed by atoms with Crippen LogP contribution in [0, 0.1) is 0 Å². The second-order valence-corrected chi connectivity index (χ2v) is 17.2. The molecule has 2 aromatic heterocycles. The Balaban J connectivity index is 1.06. The summed E-state index contributed by atoms with van der Waals surface area (Å²) in [5.41, 5.74) is 19.7. The minimum atomic E-state index is -0.548. The quantitative estimate of drug-likeness (QED) is 0.152. The van der Waals surface area contributed by atoms with Gasteiger partial charge in [-0.05, 0) is 105 Å². The summed E-state index contributed by atoms with van der Waals surface area (Å²) in [5.74, 6) is 0. The second kappa shape index (κ2) is 15.3. The molecule has 0 unspecified atom stereocenters. The van der Waals surface area contributed by atoms with Crippen molar-refractivity contribution < 1.29 is 4.42 Å². The van der Waals surface area contributed by atoms with Crippen molar-refractivity contribution in [3.63, 3.8) is 0 Å². The molecule has 1 aliphatic carbocycles. The van der Waals surface area contributed by atoms with E-state index in [1.807, 2.05) is 0 Å². The van der Waals surface area contributed by atoms with E-state index in [0.29, 0.717) is 0 Å². The van der Waals surface area contributed by atoms with Crippen LogP contribution in [0.4, 0.5) is 17.1 Å². The second-order valence-electron chi connectivity index (χ2n) is 17.2. The Morgan fingerprint density at radius 3 is 1.65 bits per heavy atom. The lowest BCUT2D eigenvalue weighted by atomic mass is 9.67. The van der Waals surface area contributed by atoms with E-state index in [-0.39, 0.29) is 0 Å². The maximum absolute atomic E-state index is 7.15. The van der Waals surface area contributed by atoms with E-state index in [0.717, 1.165) is 66.8 Å². The van der Waals surface area contributed by atoms with E-state index in [9.17, 15) is 0 Å². The summed E-state index contributed by atoms with van der Waals surface area (Å²) in [6.07, 6.45) is 0. The number of fused-ring (bicyclic) bond motifs is 8. The Kier molecular flexibility index (Phi) is 8.75. The first-order valence-corrected chi connectivity index (χ1v) is 22.7. The first-order chi connectivity index (χ1) is 32.8. The number of hydrogen-bond acceptors (Lipinski definition) is 2. The van der Waals surface area contributed by atoms with Crippen LogP contribution in [0.25, 0.3) is 72.0 Å². The lowest BCUT2D eigenvalue weighted by Crippen LogP contribution is -2.28. The van der Waals surface area contributed by atoms with E-state index in [1.54, 1.807) is 0 Å². The van der Waals surface area contributed by atoms with Gasteiger partial charge in [-0.3, -0.25) is 0 Å². The van der Waals surface area contributed by atoms with Crippen LogP contribution >= 0.6 is 0 Å². The number of para-hydroxylation sites is 4. The molecule has 0 bridgehead atoms. The summed E-state index contributed by atoms with van der Waals surface area (Å²) in [7, 11) is 0. The van der Waals surface area contributed by atoms with Crippen LogP contribution in [0.2, 0.25) is 0 Å². The monoisotopic (exact) mass is 842 g/mol. The van der Waals surface area contributed by atoms with Crippen molar-refractivity contribution in [1.29, 1.82) is 0 Å². The molecule has 12 aromatic rings. The maximum Gasteiger partial charge on any atom is 0.161 e. The molecule has 0 radical (unpaired) electrons. The molecule has 3 heteroatoms. The summed E-state index contributed by atoms with van der Waals surface area (Å²) in [6.45, 7) is 0. The van der Waals surface area contributed by atoms with Gasteiger partial charge in [0.1, 0.15) is 11.1 Å². The predicted molar refractivity (Wildman–Crippen MR) is 273 cm³/mol. The van der Waals surface area contributed by atoms with Crippen molar-refractivity contribution in [2.45, 2.75) is 5.41 Å². The topological polar surface area (TPSA) is 21.3 Å². The lowest BCUT2D eigenvalue weighted by molar-refractivity contribution is 0.674. The normalized spacial score (nSPS) is 12.7. The molecule has 0 atom stereocenters. The smallest absolute Gasteiger partial charge is 0.161 e. The molecule has 3 nitrogen and oxygen atoms in total. The molecule has 0 spiro atoms. The number of aromatic nitrogens is 1. The van der Waals surface area contributed by atoms with Gasteiger partial charge in [0.2, 0.25) is 0 Å². The molecule has 0 aliphatic heterocycles. The van der Waals surface area contributed by atoms with E-state index >= 15 is 0 Å². The van der Waals surface area contributed by atoms with Crippen molar-refractivity contribution >= 4 is 50.0 Å². The predicted octanol–water partition coefficient (Wildman–Crippen LogP) is 16.7. The van der Waals surface area contributed by atoms with Crippen molar-refractivity contribution in [2.24, 2.45) is 0 Å². The number of furan rings is 1. The number of nitrogens with zero attached hydrogens (tertiary/aromatic N) is 2.